The fourth-order valence-corrected chi connectivity index (χ4v) is 4.42. The van der Waals surface area contributed by atoms with Crippen LogP contribution in [0.4, 0.5) is 5.69 Å². The zero-order valence-corrected chi connectivity index (χ0v) is 17.7. The predicted molar refractivity (Wildman–Crippen MR) is 120 cm³/mol. The van der Waals surface area contributed by atoms with Crippen LogP contribution >= 0.6 is 34.5 Å². The van der Waals surface area contributed by atoms with Crippen molar-refractivity contribution in [3.8, 4) is 16.3 Å². The van der Waals surface area contributed by atoms with E-state index in [9.17, 15) is 4.79 Å². The summed E-state index contributed by atoms with van der Waals surface area (Å²) in [6.45, 7) is 1.83. The molecule has 29 heavy (non-hydrogen) atoms. The Hall–Kier alpha value is -2.60. The van der Waals surface area contributed by atoms with Crippen molar-refractivity contribution in [1.82, 2.24) is 4.98 Å². The lowest BCUT2D eigenvalue weighted by Crippen LogP contribution is -2.20. The van der Waals surface area contributed by atoms with Crippen LogP contribution in [0.2, 0.25) is 10.0 Å². The van der Waals surface area contributed by atoms with Crippen LogP contribution < -0.4 is 10.1 Å². The lowest BCUT2D eigenvalue weighted by molar-refractivity contribution is -0.118. The van der Waals surface area contributed by atoms with Gasteiger partial charge in [0.25, 0.3) is 5.91 Å². The molecule has 0 saturated carbocycles. The number of nitrogens with one attached hydrogen (secondary N) is 1. The molecule has 0 saturated heterocycles. The first-order valence-electron chi connectivity index (χ1n) is 8.84. The summed E-state index contributed by atoms with van der Waals surface area (Å²) >= 11 is 14.1. The summed E-state index contributed by atoms with van der Waals surface area (Å²) in [6, 6.07) is 18.7. The first-order chi connectivity index (χ1) is 14.0. The summed E-state index contributed by atoms with van der Waals surface area (Å²) in [5.74, 6) is 0.312. The monoisotopic (exact) mass is 442 g/mol. The van der Waals surface area contributed by atoms with Gasteiger partial charge in [-0.05, 0) is 48.9 Å². The summed E-state index contributed by atoms with van der Waals surface area (Å²) in [4.78, 5) is 17.2. The molecule has 0 unspecified atom stereocenters. The number of nitrogens with zero attached hydrogens (tertiary/aromatic N) is 1. The van der Waals surface area contributed by atoms with Gasteiger partial charge >= 0.3 is 0 Å². The molecule has 146 valence electrons. The SMILES string of the molecule is Cc1cccc(OCC(=O)Nc2c(Cl)cc(Cl)cc2-c2nc3ccccc3s2)c1. The van der Waals surface area contributed by atoms with Crippen molar-refractivity contribution < 1.29 is 9.53 Å². The molecule has 0 fully saturated rings. The highest BCUT2D eigenvalue weighted by Gasteiger charge is 2.17. The Kier molecular flexibility index (Phi) is 5.72. The van der Waals surface area contributed by atoms with E-state index in [4.69, 9.17) is 27.9 Å². The largest absolute Gasteiger partial charge is 0.484 e. The maximum absolute atomic E-state index is 12.5. The van der Waals surface area contributed by atoms with Crippen molar-refractivity contribution in [2.45, 2.75) is 6.92 Å². The fourth-order valence-electron chi connectivity index (χ4n) is 2.89. The highest BCUT2D eigenvalue weighted by Crippen LogP contribution is 2.40. The van der Waals surface area contributed by atoms with Gasteiger partial charge in [0.15, 0.2) is 6.61 Å². The molecule has 0 bridgehead atoms. The maximum atomic E-state index is 12.5. The van der Waals surface area contributed by atoms with Crippen molar-refractivity contribution in [3.05, 3.63) is 76.3 Å². The Morgan fingerprint density at radius 2 is 1.93 bits per heavy atom. The Balaban J connectivity index is 1.60. The van der Waals surface area contributed by atoms with Crippen LogP contribution in [0.3, 0.4) is 0 Å². The number of ether oxygens (including phenoxy) is 1. The first kappa shape index (κ1) is 19.7. The van der Waals surface area contributed by atoms with Gasteiger partial charge in [-0.3, -0.25) is 4.79 Å². The smallest absolute Gasteiger partial charge is 0.262 e. The second-order valence-corrected chi connectivity index (χ2v) is 8.32. The number of carbonyl (C=O) groups excluding carboxylic acids is 1. The third-order valence-corrected chi connectivity index (χ3v) is 5.79. The van der Waals surface area contributed by atoms with E-state index >= 15 is 0 Å². The Labute approximate surface area is 182 Å². The molecule has 1 aromatic heterocycles. The van der Waals surface area contributed by atoms with E-state index in [-0.39, 0.29) is 12.5 Å². The lowest BCUT2D eigenvalue weighted by Gasteiger charge is -2.13. The number of aromatic nitrogens is 1. The Bertz CT molecular complexity index is 1170. The van der Waals surface area contributed by atoms with Gasteiger partial charge in [0.2, 0.25) is 0 Å². The van der Waals surface area contributed by atoms with Gasteiger partial charge in [0, 0.05) is 10.6 Å². The number of benzene rings is 3. The number of fused-ring (bicyclic) bond motifs is 1. The van der Waals surface area contributed by atoms with E-state index in [0.29, 0.717) is 27.0 Å². The molecule has 0 radical (unpaired) electrons. The molecule has 1 amide bonds. The Morgan fingerprint density at radius 3 is 2.72 bits per heavy atom. The van der Waals surface area contributed by atoms with Crippen LogP contribution in [0.5, 0.6) is 5.75 Å². The summed E-state index contributed by atoms with van der Waals surface area (Å²) in [5.41, 5.74) is 3.08. The van der Waals surface area contributed by atoms with Gasteiger partial charge in [0.05, 0.1) is 20.9 Å². The maximum Gasteiger partial charge on any atom is 0.262 e. The molecule has 0 aliphatic heterocycles. The molecular formula is C22H16Cl2N2O2S. The van der Waals surface area contributed by atoms with Crippen LogP contribution in [0.15, 0.2) is 60.7 Å². The topological polar surface area (TPSA) is 51.2 Å². The number of anilines is 1. The number of amides is 1. The number of rotatable bonds is 5. The highest BCUT2D eigenvalue weighted by atomic mass is 35.5. The fraction of sp³-hybridized carbons (Fsp3) is 0.0909. The Morgan fingerprint density at radius 1 is 1.10 bits per heavy atom. The van der Waals surface area contributed by atoms with Gasteiger partial charge in [-0.1, -0.05) is 47.5 Å². The zero-order valence-electron chi connectivity index (χ0n) is 15.4. The molecule has 4 nitrogen and oxygen atoms in total. The van der Waals surface area contributed by atoms with Crippen LogP contribution in [-0.2, 0) is 4.79 Å². The molecule has 0 atom stereocenters. The highest BCUT2D eigenvalue weighted by molar-refractivity contribution is 7.21. The number of thiazole rings is 1. The number of para-hydroxylation sites is 1. The van der Waals surface area contributed by atoms with Gasteiger partial charge in [-0.15, -0.1) is 11.3 Å². The van der Waals surface area contributed by atoms with E-state index in [1.165, 1.54) is 11.3 Å². The van der Waals surface area contributed by atoms with E-state index < -0.39 is 0 Å². The third-order valence-electron chi connectivity index (χ3n) is 4.20. The van der Waals surface area contributed by atoms with Crippen molar-refractivity contribution >= 4 is 56.3 Å². The quantitative estimate of drug-likeness (QED) is 0.378. The summed E-state index contributed by atoms with van der Waals surface area (Å²) in [7, 11) is 0. The number of aryl methyl sites for hydroxylation is 1. The van der Waals surface area contributed by atoms with Gasteiger partial charge < -0.3 is 10.1 Å². The van der Waals surface area contributed by atoms with E-state index in [1.54, 1.807) is 12.1 Å². The van der Waals surface area contributed by atoms with Crippen molar-refractivity contribution in [1.29, 1.82) is 0 Å². The number of hydrogen-bond donors (Lipinski definition) is 1. The minimum Gasteiger partial charge on any atom is -0.484 e. The van der Waals surface area contributed by atoms with E-state index in [1.807, 2.05) is 55.5 Å². The van der Waals surface area contributed by atoms with Crippen molar-refractivity contribution in [2.24, 2.45) is 0 Å². The molecule has 0 aliphatic rings. The standard InChI is InChI=1S/C22H16Cl2N2O2S/c1-13-5-4-6-15(9-13)28-12-20(27)26-21-16(10-14(23)11-17(21)24)22-25-18-7-2-3-8-19(18)29-22/h2-11H,12H2,1H3,(H,26,27). The molecule has 1 heterocycles. The van der Waals surface area contributed by atoms with Gasteiger partial charge in [-0.2, -0.15) is 0 Å². The number of hydrogen-bond acceptors (Lipinski definition) is 4. The second kappa shape index (κ2) is 8.41. The zero-order chi connectivity index (χ0) is 20.4. The van der Waals surface area contributed by atoms with Crippen molar-refractivity contribution in [2.75, 3.05) is 11.9 Å². The van der Waals surface area contributed by atoms with Crippen molar-refractivity contribution in [3.63, 3.8) is 0 Å². The molecule has 4 rings (SSSR count). The van der Waals surface area contributed by atoms with Crippen LogP contribution in [-0.4, -0.2) is 17.5 Å². The number of halogens is 2. The van der Waals surface area contributed by atoms with Crippen LogP contribution in [0.1, 0.15) is 5.56 Å². The van der Waals surface area contributed by atoms with Gasteiger partial charge in [-0.25, -0.2) is 4.98 Å². The second-order valence-electron chi connectivity index (χ2n) is 6.45. The molecule has 3 aromatic carbocycles. The van der Waals surface area contributed by atoms with E-state index in [0.717, 1.165) is 20.8 Å². The lowest BCUT2D eigenvalue weighted by atomic mass is 10.2. The molecular weight excluding hydrogens is 427 g/mol. The molecule has 0 aliphatic carbocycles. The van der Waals surface area contributed by atoms with Crippen LogP contribution in [0, 0.1) is 6.92 Å². The minimum absolute atomic E-state index is 0.137. The van der Waals surface area contributed by atoms with Gasteiger partial charge in [0.1, 0.15) is 10.8 Å². The average molecular weight is 443 g/mol. The third kappa shape index (κ3) is 4.53. The van der Waals surface area contributed by atoms with E-state index in [2.05, 4.69) is 10.3 Å². The predicted octanol–water partition coefficient (Wildman–Crippen LogP) is 6.60. The number of carbonyl (C=O) groups is 1. The first-order valence-corrected chi connectivity index (χ1v) is 10.4. The normalized spacial score (nSPS) is 10.9. The molecule has 7 heteroatoms. The summed E-state index contributed by atoms with van der Waals surface area (Å²) in [6.07, 6.45) is 0. The van der Waals surface area contributed by atoms with Crippen LogP contribution in [0.25, 0.3) is 20.8 Å². The summed E-state index contributed by atoms with van der Waals surface area (Å²) in [5, 5.41) is 4.39. The minimum atomic E-state index is -0.321. The summed E-state index contributed by atoms with van der Waals surface area (Å²) < 4.78 is 6.62. The average Bonchev–Trinajstić information content (AvgIpc) is 3.12. The molecule has 4 aromatic rings. The molecule has 0 spiro atoms. The molecule has 1 N–H and O–H groups in total.